The van der Waals surface area contributed by atoms with Crippen LogP contribution in [0.25, 0.3) is 0 Å². The van der Waals surface area contributed by atoms with Gasteiger partial charge in [0.1, 0.15) is 5.82 Å². The average Bonchev–Trinajstić information content (AvgIpc) is 2.88. The first-order valence-corrected chi connectivity index (χ1v) is 7.06. The second-order valence-electron chi connectivity index (χ2n) is 4.27. The number of thioether (sulfide) groups is 1. The molecule has 0 saturated heterocycles. The molecule has 1 fully saturated rings. The zero-order valence-corrected chi connectivity index (χ0v) is 10.8. The molecule has 1 aliphatic carbocycles. The Morgan fingerprint density at radius 1 is 1.39 bits per heavy atom. The highest BCUT2D eigenvalue weighted by Gasteiger charge is 2.16. The minimum Gasteiger partial charge on any atom is -0.272 e. The molecule has 98 valence electrons. The first-order chi connectivity index (χ1) is 8.75. The maximum atomic E-state index is 13.3. The van der Waals surface area contributed by atoms with E-state index in [-0.39, 0.29) is 23.6 Å². The van der Waals surface area contributed by atoms with Crippen LogP contribution in [-0.2, 0) is 9.63 Å². The zero-order chi connectivity index (χ0) is 12.8. The molecule has 1 aromatic carbocycles. The number of carbonyl (C=O) groups is 1. The number of benzene rings is 1. The molecule has 0 unspecified atom stereocenters. The molecule has 18 heavy (non-hydrogen) atoms. The minimum absolute atomic E-state index is 0.146. The average molecular weight is 269 g/mol. The standard InChI is InChI=1S/C13H16FNO2S/c14-11-7-3-4-8-12(11)18-9-13(16)15-17-10-5-1-2-6-10/h3-4,7-8,10H,1-2,5-6,9H2,(H,15,16). The van der Waals surface area contributed by atoms with Crippen molar-refractivity contribution in [3.05, 3.63) is 30.1 Å². The van der Waals surface area contributed by atoms with E-state index >= 15 is 0 Å². The predicted octanol–water partition coefficient (Wildman–Crippen LogP) is 2.91. The second-order valence-corrected chi connectivity index (χ2v) is 5.29. The summed E-state index contributed by atoms with van der Waals surface area (Å²) in [5, 5.41) is 0. The summed E-state index contributed by atoms with van der Waals surface area (Å²) >= 11 is 1.17. The summed E-state index contributed by atoms with van der Waals surface area (Å²) in [5.41, 5.74) is 2.43. The quantitative estimate of drug-likeness (QED) is 0.660. The fraction of sp³-hybridized carbons (Fsp3) is 0.462. The lowest BCUT2D eigenvalue weighted by atomic mass is 10.3. The first kappa shape index (κ1) is 13.4. The minimum atomic E-state index is -0.299. The molecule has 2 rings (SSSR count). The van der Waals surface area contributed by atoms with Gasteiger partial charge in [-0.1, -0.05) is 25.0 Å². The van der Waals surface area contributed by atoms with Crippen molar-refractivity contribution in [1.29, 1.82) is 0 Å². The van der Waals surface area contributed by atoms with Crippen molar-refractivity contribution in [3.63, 3.8) is 0 Å². The van der Waals surface area contributed by atoms with Gasteiger partial charge in [-0.05, 0) is 25.0 Å². The highest BCUT2D eigenvalue weighted by molar-refractivity contribution is 8.00. The van der Waals surface area contributed by atoms with E-state index in [2.05, 4.69) is 5.48 Å². The van der Waals surface area contributed by atoms with Gasteiger partial charge in [0.15, 0.2) is 0 Å². The van der Waals surface area contributed by atoms with Crippen LogP contribution in [0.1, 0.15) is 25.7 Å². The maximum absolute atomic E-state index is 13.3. The van der Waals surface area contributed by atoms with Crippen molar-refractivity contribution in [2.45, 2.75) is 36.7 Å². The molecule has 1 aliphatic rings. The van der Waals surface area contributed by atoms with E-state index in [1.54, 1.807) is 18.2 Å². The summed E-state index contributed by atoms with van der Waals surface area (Å²) in [5.74, 6) is -0.365. The van der Waals surface area contributed by atoms with Crippen LogP contribution < -0.4 is 5.48 Å². The van der Waals surface area contributed by atoms with Gasteiger partial charge < -0.3 is 0 Å². The third kappa shape index (κ3) is 3.99. The lowest BCUT2D eigenvalue weighted by Gasteiger charge is -2.11. The summed E-state index contributed by atoms with van der Waals surface area (Å²) in [6, 6.07) is 6.42. The normalized spacial score (nSPS) is 15.8. The Labute approximate surface area is 110 Å². The molecule has 0 radical (unpaired) electrons. The molecule has 1 aromatic rings. The SMILES string of the molecule is O=C(CSc1ccccc1F)NOC1CCCC1. The molecular formula is C13H16FNO2S. The topological polar surface area (TPSA) is 38.3 Å². The number of amides is 1. The van der Waals surface area contributed by atoms with Gasteiger partial charge in [0, 0.05) is 4.90 Å². The van der Waals surface area contributed by atoms with Gasteiger partial charge in [0.25, 0.3) is 5.91 Å². The van der Waals surface area contributed by atoms with Crippen molar-refractivity contribution in [2.24, 2.45) is 0 Å². The molecule has 0 spiro atoms. The Balaban J connectivity index is 1.69. The third-order valence-electron chi connectivity index (χ3n) is 2.84. The van der Waals surface area contributed by atoms with Gasteiger partial charge in [-0.15, -0.1) is 11.8 Å². The Bertz CT molecular complexity index is 408. The number of rotatable bonds is 5. The van der Waals surface area contributed by atoms with Crippen molar-refractivity contribution in [2.75, 3.05) is 5.75 Å². The highest BCUT2D eigenvalue weighted by Crippen LogP contribution is 2.21. The van der Waals surface area contributed by atoms with Gasteiger partial charge in [0.2, 0.25) is 0 Å². The van der Waals surface area contributed by atoms with Crippen LogP contribution in [0.5, 0.6) is 0 Å². The molecular weight excluding hydrogens is 253 g/mol. The second kappa shape index (κ2) is 6.75. The monoisotopic (exact) mass is 269 g/mol. The lowest BCUT2D eigenvalue weighted by molar-refractivity contribution is -0.135. The van der Waals surface area contributed by atoms with E-state index in [4.69, 9.17) is 4.84 Å². The van der Waals surface area contributed by atoms with Crippen LogP contribution in [-0.4, -0.2) is 17.8 Å². The fourth-order valence-electron chi connectivity index (χ4n) is 1.89. The van der Waals surface area contributed by atoms with Gasteiger partial charge in [-0.2, -0.15) is 0 Å². The molecule has 0 aromatic heterocycles. The molecule has 0 aliphatic heterocycles. The number of nitrogens with one attached hydrogen (secondary N) is 1. The lowest BCUT2D eigenvalue weighted by Crippen LogP contribution is -2.29. The zero-order valence-electron chi connectivity index (χ0n) is 10.0. The van der Waals surface area contributed by atoms with E-state index < -0.39 is 0 Å². The molecule has 3 nitrogen and oxygen atoms in total. The predicted molar refractivity (Wildman–Crippen MR) is 68.6 cm³/mol. The first-order valence-electron chi connectivity index (χ1n) is 6.07. The molecule has 5 heteroatoms. The van der Waals surface area contributed by atoms with E-state index in [0.717, 1.165) is 25.7 Å². The van der Waals surface area contributed by atoms with Gasteiger partial charge in [-0.3, -0.25) is 9.63 Å². The van der Waals surface area contributed by atoms with Gasteiger partial charge >= 0.3 is 0 Å². The number of hydrogen-bond acceptors (Lipinski definition) is 3. The molecule has 0 bridgehead atoms. The van der Waals surface area contributed by atoms with Crippen LogP contribution in [0.4, 0.5) is 4.39 Å². The highest BCUT2D eigenvalue weighted by atomic mass is 32.2. The fourth-order valence-corrected chi connectivity index (χ4v) is 2.62. The molecule has 0 atom stereocenters. The van der Waals surface area contributed by atoms with Crippen molar-refractivity contribution in [3.8, 4) is 0 Å². The Hall–Kier alpha value is -1.07. The number of hydrogen-bond donors (Lipinski definition) is 1. The van der Waals surface area contributed by atoms with Crippen LogP contribution >= 0.6 is 11.8 Å². The van der Waals surface area contributed by atoms with E-state index in [1.165, 1.54) is 17.8 Å². The van der Waals surface area contributed by atoms with Gasteiger partial charge in [-0.25, -0.2) is 9.87 Å². The molecule has 1 amide bonds. The van der Waals surface area contributed by atoms with Crippen molar-refractivity contribution in [1.82, 2.24) is 5.48 Å². The van der Waals surface area contributed by atoms with E-state index in [0.29, 0.717) is 4.90 Å². The molecule has 1 saturated carbocycles. The molecule has 1 N–H and O–H groups in total. The summed E-state index contributed by atoms with van der Waals surface area (Å²) < 4.78 is 13.3. The van der Waals surface area contributed by atoms with E-state index in [1.807, 2.05) is 0 Å². The Morgan fingerprint density at radius 3 is 2.83 bits per heavy atom. The van der Waals surface area contributed by atoms with Crippen molar-refractivity contribution < 1.29 is 14.0 Å². The van der Waals surface area contributed by atoms with Crippen molar-refractivity contribution >= 4 is 17.7 Å². The maximum Gasteiger partial charge on any atom is 0.253 e. The summed E-state index contributed by atoms with van der Waals surface area (Å²) in [7, 11) is 0. The largest absolute Gasteiger partial charge is 0.272 e. The van der Waals surface area contributed by atoms with Crippen LogP contribution in [0.15, 0.2) is 29.2 Å². The Kier molecular flexibility index (Phi) is 5.01. The van der Waals surface area contributed by atoms with Crippen LogP contribution in [0, 0.1) is 5.82 Å². The number of halogens is 1. The Morgan fingerprint density at radius 2 is 2.11 bits per heavy atom. The number of carbonyl (C=O) groups excluding carboxylic acids is 1. The smallest absolute Gasteiger partial charge is 0.253 e. The number of hydroxylamine groups is 1. The third-order valence-corrected chi connectivity index (χ3v) is 3.89. The summed E-state index contributed by atoms with van der Waals surface area (Å²) in [6.45, 7) is 0. The summed E-state index contributed by atoms with van der Waals surface area (Å²) in [6.07, 6.45) is 4.46. The summed E-state index contributed by atoms with van der Waals surface area (Å²) in [4.78, 5) is 17.3. The van der Waals surface area contributed by atoms with E-state index in [9.17, 15) is 9.18 Å². The van der Waals surface area contributed by atoms with Crippen LogP contribution in [0.3, 0.4) is 0 Å². The van der Waals surface area contributed by atoms with Gasteiger partial charge in [0.05, 0.1) is 11.9 Å². The molecule has 0 heterocycles. The van der Waals surface area contributed by atoms with Crippen LogP contribution in [0.2, 0.25) is 0 Å².